The van der Waals surface area contributed by atoms with E-state index in [0.717, 1.165) is 5.56 Å². The van der Waals surface area contributed by atoms with Crippen LogP contribution in [-0.2, 0) is 0 Å². The second kappa shape index (κ2) is 5.42. The van der Waals surface area contributed by atoms with Gasteiger partial charge in [-0.3, -0.25) is 0 Å². The molecule has 0 saturated heterocycles. The lowest BCUT2D eigenvalue weighted by Crippen LogP contribution is -2.22. The first-order valence-corrected chi connectivity index (χ1v) is 6.81. The Morgan fingerprint density at radius 1 is 1.00 bits per heavy atom. The smallest absolute Gasteiger partial charge is 0.119 e. The van der Waals surface area contributed by atoms with Crippen LogP contribution < -0.4 is 5.32 Å². The maximum Gasteiger partial charge on any atom is 0.119 e. The molecule has 1 aromatic carbocycles. The van der Waals surface area contributed by atoms with Crippen LogP contribution in [0.5, 0.6) is 11.5 Å². The van der Waals surface area contributed by atoms with Crippen molar-refractivity contribution in [2.24, 2.45) is 0 Å². The van der Waals surface area contributed by atoms with Crippen molar-refractivity contribution in [3.05, 3.63) is 46.2 Å². The van der Waals surface area contributed by atoms with Gasteiger partial charge in [0, 0.05) is 18.2 Å². The standard InChI is InChI=1S/C14H17NO2S/c1-9(11-3-4-18-8-11)15-10(2)12-5-13(16)7-14(17)6-12/h3-10,15-17H,1-2H3. The average molecular weight is 263 g/mol. The van der Waals surface area contributed by atoms with Gasteiger partial charge in [-0.05, 0) is 53.9 Å². The molecule has 2 aromatic rings. The van der Waals surface area contributed by atoms with Crippen LogP contribution in [0.4, 0.5) is 0 Å². The predicted molar refractivity (Wildman–Crippen MR) is 74.1 cm³/mol. The molecule has 1 heterocycles. The summed E-state index contributed by atoms with van der Waals surface area (Å²) in [5, 5.41) is 26.6. The molecule has 4 heteroatoms. The first-order valence-electron chi connectivity index (χ1n) is 5.87. The minimum atomic E-state index is 0.0536. The van der Waals surface area contributed by atoms with E-state index >= 15 is 0 Å². The fourth-order valence-electron chi connectivity index (χ4n) is 1.96. The molecule has 0 saturated carbocycles. The number of benzene rings is 1. The zero-order chi connectivity index (χ0) is 13.1. The van der Waals surface area contributed by atoms with E-state index in [1.807, 2.05) is 6.92 Å². The number of nitrogens with one attached hydrogen (secondary N) is 1. The SMILES string of the molecule is CC(NC(C)c1cc(O)cc(O)c1)c1ccsc1. The highest BCUT2D eigenvalue weighted by Crippen LogP contribution is 2.26. The normalized spacial score (nSPS) is 14.3. The highest BCUT2D eigenvalue weighted by atomic mass is 32.1. The Bertz CT molecular complexity index is 490. The fourth-order valence-corrected chi connectivity index (χ4v) is 2.71. The molecule has 2 atom stereocenters. The summed E-state index contributed by atoms with van der Waals surface area (Å²) in [7, 11) is 0. The lowest BCUT2D eigenvalue weighted by molar-refractivity contribution is 0.442. The summed E-state index contributed by atoms with van der Waals surface area (Å²) in [6.45, 7) is 4.11. The number of rotatable bonds is 4. The van der Waals surface area contributed by atoms with Crippen molar-refractivity contribution >= 4 is 11.3 Å². The molecule has 0 spiro atoms. The summed E-state index contributed by atoms with van der Waals surface area (Å²) in [4.78, 5) is 0. The third-order valence-corrected chi connectivity index (χ3v) is 3.67. The van der Waals surface area contributed by atoms with Gasteiger partial charge in [0.25, 0.3) is 0 Å². The van der Waals surface area contributed by atoms with Crippen LogP contribution in [0.15, 0.2) is 35.0 Å². The van der Waals surface area contributed by atoms with E-state index in [4.69, 9.17) is 0 Å². The molecule has 0 radical (unpaired) electrons. The molecule has 0 aliphatic carbocycles. The summed E-state index contributed by atoms with van der Waals surface area (Å²) >= 11 is 1.68. The van der Waals surface area contributed by atoms with E-state index in [9.17, 15) is 10.2 Å². The molecule has 2 rings (SSSR count). The van der Waals surface area contributed by atoms with Gasteiger partial charge in [0.1, 0.15) is 11.5 Å². The van der Waals surface area contributed by atoms with Crippen molar-refractivity contribution in [1.82, 2.24) is 5.32 Å². The number of phenols is 2. The first-order chi connectivity index (χ1) is 8.56. The van der Waals surface area contributed by atoms with Crippen LogP contribution in [-0.4, -0.2) is 10.2 Å². The van der Waals surface area contributed by atoms with Gasteiger partial charge in [-0.25, -0.2) is 0 Å². The van der Waals surface area contributed by atoms with Gasteiger partial charge >= 0.3 is 0 Å². The third-order valence-electron chi connectivity index (χ3n) is 2.97. The largest absolute Gasteiger partial charge is 0.508 e. The Labute approximate surface area is 111 Å². The highest BCUT2D eigenvalue weighted by molar-refractivity contribution is 7.07. The quantitative estimate of drug-likeness (QED) is 0.790. The summed E-state index contributed by atoms with van der Waals surface area (Å²) < 4.78 is 0. The van der Waals surface area contributed by atoms with Gasteiger partial charge < -0.3 is 15.5 Å². The van der Waals surface area contributed by atoms with Gasteiger partial charge in [0.15, 0.2) is 0 Å². The zero-order valence-electron chi connectivity index (χ0n) is 10.4. The second-order valence-electron chi connectivity index (χ2n) is 4.45. The number of thiophene rings is 1. The van der Waals surface area contributed by atoms with E-state index in [1.165, 1.54) is 11.6 Å². The molecule has 2 unspecified atom stereocenters. The highest BCUT2D eigenvalue weighted by Gasteiger charge is 2.12. The van der Waals surface area contributed by atoms with Crippen molar-refractivity contribution in [2.75, 3.05) is 0 Å². The maximum absolute atomic E-state index is 9.47. The molecule has 0 fully saturated rings. The van der Waals surface area contributed by atoms with Gasteiger partial charge in [-0.1, -0.05) is 0 Å². The van der Waals surface area contributed by atoms with E-state index in [-0.39, 0.29) is 23.6 Å². The Balaban J connectivity index is 2.09. The lowest BCUT2D eigenvalue weighted by atomic mass is 10.1. The van der Waals surface area contributed by atoms with E-state index in [0.29, 0.717) is 0 Å². The van der Waals surface area contributed by atoms with Gasteiger partial charge in [-0.2, -0.15) is 11.3 Å². The van der Waals surface area contributed by atoms with Crippen molar-refractivity contribution < 1.29 is 10.2 Å². The Morgan fingerprint density at radius 2 is 1.61 bits per heavy atom. The summed E-state index contributed by atoms with van der Waals surface area (Å²) in [5.74, 6) is 0.170. The van der Waals surface area contributed by atoms with Gasteiger partial charge in [-0.15, -0.1) is 0 Å². The van der Waals surface area contributed by atoms with E-state index in [2.05, 4.69) is 29.1 Å². The van der Waals surface area contributed by atoms with Crippen molar-refractivity contribution in [3.63, 3.8) is 0 Å². The number of aromatic hydroxyl groups is 2. The molecule has 1 aromatic heterocycles. The Morgan fingerprint density at radius 3 is 2.17 bits per heavy atom. The molecule has 3 nitrogen and oxygen atoms in total. The number of hydrogen-bond donors (Lipinski definition) is 3. The third kappa shape index (κ3) is 3.03. The summed E-state index contributed by atoms with van der Waals surface area (Å²) in [5.41, 5.74) is 2.12. The van der Waals surface area contributed by atoms with Crippen molar-refractivity contribution in [3.8, 4) is 11.5 Å². The topological polar surface area (TPSA) is 52.5 Å². The Kier molecular flexibility index (Phi) is 3.89. The molecule has 0 aliphatic heterocycles. The summed E-state index contributed by atoms with van der Waals surface area (Å²) in [6.07, 6.45) is 0. The predicted octanol–water partition coefficient (Wildman–Crippen LogP) is 3.57. The molecule has 0 bridgehead atoms. The maximum atomic E-state index is 9.47. The Hall–Kier alpha value is -1.52. The van der Waals surface area contributed by atoms with Crippen LogP contribution in [0.1, 0.15) is 37.1 Å². The van der Waals surface area contributed by atoms with Crippen LogP contribution in [0.3, 0.4) is 0 Å². The minimum absolute atomic E-state index is 0.0536. The molecule has 18 heavy (non-hydrogen) atoms. The average Bonchev–Trinajstić information content (AvgIpc) is 2.80. The van der Waals surface area contributed by atoms with E-state index < -0.39 is 0 Å². The van der Waals surface area contributed by atoms with Crippen LogP contribution in [0.25, 0.3) is 0 Å². The van der Waals surface area contributed by atoms with Crippen LogP contribution in [0.2, 0.25) is 0 Å². The first kappa shape index (κ1) is 12.9. The van der Waals surface area contributed by atoms with Crippen molar-refractivity contribution in [1.29, 1.82) is 0 Å². The number of phenolic OH excluding ortho intramolecular Hbond substituents is 2. The molecular weight excluding hydrogens is 246 g/mol. The molecule has 3 N–H and O–H groups in total. The monoisotopic (exact) mass is 263 g/mol. The zero-order valence-corrected chi connectivity index (χ0v) is 11.2. The van der Waals surface area contributed by atoms with Crippen molar-refractivity contribution in [2.45, 2.75) is 25.9 Å². The fraction of sp³-hybridized carbons (Fsp3) is 0.286. The second-order valence-corrected chi connectivity index (χ2v) is 5.23. The molecular formula is C14H17NO2S. The summed E-state index contributed by atoms with van der Waals surface area (Å²) in [6, 6.07) is 7.04. The molecule has 0 aliphatic rings. The lowest BCUT2D eigenvalue weighted by Gasteiger charge is -2.20. The van der Waals surface area contributed by atoms with Gasteiger partial charge in [0.05, 0.1) is 0 Å². The van der Waals surface area contributed by atoms with Crippen LogP contribution in [0, 0.1) is 0 Å². The van der Waals surface area contributed by atoms with Crippen LogP contribution >= 0.6 is 11.3 Å². The van der Waals surface area contributed by atoms with E-state index in [1.54, 1.807) is 23.5 Å². The van der Waals surface area contributed by atoms with Gasteiger partial charge in [0.2, 0.25) is 0 Å². The minimum Gasteiger partial charge on any atom is -0.508 e. The molecule has 0 amide bonds. The number of hydrogen-bond acceptors (Lipinski definition) is 4. The molecule has 96 valence electrons.